The second-order valence-corrected chi connectivity index (χ2v) is 2.06. The van der Waals surface area contributed by atoms with Gasteiger partial charge in [-0.3, -0.25) is 0 Å². The minimum absolute atomic E-state index is 1.36. The molecule has 0 saturated heterocycles. The fourth-order valence-corrected chi connectivity index (χ4v) is 0.677. The van der Waals surface area contributed by atoms with Crippen molar-refractivity contribution in [2.75, 3.05) is 0 Å². The summed E-state index contributed by atoms with van der Waals surface area (Å²) in [6.45, 7) is 4.49. The molecule has 0 aromatic heterocycles. The molecule has 0 spiro atoms. The van der Waals surface area contributed by atoms with Crippen molar-refractivity contribution < 1.29 is 16.5 Å². The summed E-state index contributed by atoms with van der Waals surface area (Å²) in [5, 5.41) is 0. The maximum atomic E-state index is 4.58. The standard InChI is InChI=1S/C7H16.ClH.V/c1-3-5-7-6-4-2;;/h3-7H2,1-2H3;1H;/q;;+1/p-1. The van der Waals surface area contributed by atoms with Crippen LogP contribution in [-0.4, -0.2) is 0 Å². The van der Waals surface area contributed by atoms with E-state index in [1.165, 1.54) is 32.1 Å². The molecule has 0 atom stereocenters. The molecule has 0 aliphatic heterocycles. The van der Waals surface area contributed by atoms with Gasteiger partial charge in [0, 0.05) is 0 Å². The van der Waals surface area contributed by atoms with E-state index in [4.69, 9.17) is 0 Å². The summed E-state index contributed by atoms with van der Waals surface area (Å²) in [6, 6.07) is 0. The maximum absolute atomic E-state index is 4.58. The molecule has 0 aromatic rings. The van der Waals surface area contributed by atoms with E-state index >= 15 is 0 Å². The summed E-state index contributed by atoms with van der Waals surface area (Å²) in [6.07, 6.45) is 7.01. The quantitative estimate of drug-likeness (QED) is 0.588. The van der Waals surface area contributed by atoms with Gasteiger partial charge in [-0.25, -0.2) is 0 Å². The zero-order chi connectivity index (χ0) is 7.54. The molecule has 0 aromatic carbocycles. The van der Waals surface area contributed by atoms with Crippen molar-refractivity contribution in [2.24, 2.45) is 0 Å². The minimum atomic E-state index is 1.36. The summed E-state index contributed by atoms with van der Waals surface area (Å²) in [5.74, 6) is 0. The van der Waals surface area contributed by atoms with Crippen LogP contribution in [0.2, 0.25) is 0 Å². The number of unbranched alkanes of at least 4 members (excludes halogenated alkanes) is 4. The molecule has 0 unspecified atom stereocenters. The first-order valence-corrected chi connectivity index (χ1v) is 5.51. The zero-order valence-electron chi connectivity index (χ0n) is 6.36. The summed E-state index contributed by atoms with van der Waals surface area (Å²) in [7, 11) is 4.58. The van der Waals surface area contributed by atoms with Crippen LogP contribution < -0.4 is 0 Å². The second kappa shape index (κ2) is 15.9. The van der Waals surface area contributed by atoms with Gasteiger partial charge in [-0.2, -0.15) is 0 Å². The van der Waals surface area contributed by atoms with Crippen LogP contribution in [0.15, 0.2) is 0 Å². The van der Waals surface area contributed by atoms with Crippen LogP contribution in [0, 0.1) is 0 Å². The van der Waals surface area contributed by atoms with Gasteiger partial charge in [-0.1, -0.05) is 46.0 Å². The third kappa shape index (κ3) is 17.7. The molecular weight excluding hydrogens is 170 g/mol. The van der Waals surface area contributed by atoms with Crippen LogP contribution >= 0.6 is 9.85 Å². The molecule has 0 radical (unpaired) electrons. The topological polar surface area (TPSA) is 0 Å². The molecule has 0 fully saturated rings. The average Bonchev–Trinajstić information content (AvgIpc) is 1.94. The fourth-order valence-electron chi connectivity index (χ4n) is 0.677. The molecular formula is C7H16ClV. The SMILES string of the molecule is CCCCCCC.[Cl][V]. The van der Waals surface area contributed by atoms with Gasteiger partial charge in [0.1, 0.15) is 0 Å². The van der Waals surface area contributed by atoms with Gasteiger partial charge >= 0.3 is 26.3 Å². The Hall–Kier alpha value is 0.874. The molecule has 0 N–H and O–H groups in total. The Morgan fingerprint density at radius 3 is 1.44 bits per heavy atom. The fraction of sp³-hybridized carbons (Fsp3) is 1.00. The van der Waals surface area contributed by atoms with E-state index in [2.05, 4.69) is 23.7 Å². The number of halogens is 1. The van der Waals surface area contributed by atoms with Crippen molar-refractivity contribution in [3.63, 3.8) is 0 Å². The van der Waals surface area contributed by atoms with E-state index < -0.39 is 0 Å². The molecule has 0 aliphatic rings. The van der Waals surface area contributed by atoms with Gasteiger partial charge < -0.3 is 0 Å². The molecule has 0 heterocycles. The molecule has 56 valence electrons. The summed E-state index contributed by atoms with van der Waals surface area (Å²) < 4.78 is 0. The normalized spacial score (nSPS) is 7.89. The third-order valence-corrected chi connectivity index (χ3v) is 1.21. The van der Waals surface area contributed by atoms with E-state index in [1.807, 2.05) is 0 Å². The molecule has 0 saturated carbocycles. The average molecular weight is 187 g/mol. The van der Waals surface area contributed by atoms with Crippen LogP contribution in [0.4, 0.5) is 0 Å². The van der Waals surface area contributed by atoms with E-state index in [0.29, 0.717) is 0 Å². The first-order chi connectivity index (χ1) is 4.41. The van der Waals surface area contributed by atoms with Crippen LogP contribution in [0.25, 0.3) is 0 Å². The van der Waals surface area contributed by atoms with Gasteiger partial charge in [0.25, 0.3) is 0 Å². The Labute approximate surface area is 72.4 Å². The van der Waals surface area contributed by atoms with Gasteiger partial charge in [0.05, 0.1) is 0 Å². The van der Waals surface area contributed by atoms with Gasteiger partial charge in [0.15, 0.2) is 0 Å². The van der Waals surface area contributed by atoms with Crippen LogP contribution in [0.5, 0.6) is 0 Å². The Bertz CT molecular complexity index is 28.1. The van der Waals surface area contributed by atoms with Crippen LogP contribution in [0.1, 0.15) is 46.0 Å². The summed E-state index contributed by atoms with van der Waals surface area (Å²) in [5.41, 5.74) is 0. The first-order valence-electron chi connectivity index (χ1n) is 3.58. The van der Waals surface area contributed by atoms with Crippen LogP contribution in [0.3, 0.4) is 0 Å². The monoisotopic (exact) mass is 186 g/mol. The van der Waals surface area contributed by atoms with Crippen molar-refractivity contribution in [3.8, 4) is 0 Å². The first kappa shape index (κ1) is 12.5. The molecule has 0 bridgehead atoms. The Morgan fingerprint density at radius 2 is 1.22 bits per heavy atom. The van der Waals surface area contributed by atoms with E-state index in [0.717, 1.165) is 0 Å². The van der Waals surface area contributed by atoms with E-state index in [1.54, 1.807) is 16.5 Å². The number of hydrogen-bond acceptors (Lipinski definition) is 0. The second-order valence-electron chi connectivity index (χ2n) is 2.06. The molecule has 0 rings (SSSR count). The van der Waals surface area contributed by atoms with Gasteiger partial charge in [-0.15, -0.1) is 0 Å². The molecule has 9 heavy (non-hydrogen) atoms. The molecule has 0 nitrogen and oxygen atoms in total. The van der Waals surface area contributed by atoms with Gasteiger partial charge in [-0.05, 0) is 0 Å². The van der Waals surface area contributed by atoms with E-state index in [-0.39, 0.29) is 0 Å². The predicted molar refractivity (Wildman–Crippen MR) is 40.3 cm³/mol. The zero-order valence-corrected chi connectivity index (χ0v) is 8.51. The molecule has 2 heteroatoms. The van der Waals surface area contributed by atoms with Crippen molar-refractivity contribution in [1.82, 2.24) is 0 Å². The van der Waals surface area contributed by atoms with Crippen molar-refractivity contribution in [2.45, 2.75) is 46.0 Å². The Morgan fingerprint density at radius 1 is 0.889 bits per heavy atom. The van der Waals surface area contributed by atoms with Gasteiger partial charge in [0.2, 0.25) is 0 Å². The Balaban J connectivity index is 0. The van der Waals surface area contributed by atoms with Crippen LogP contribution in [-0.2, 0) is 16.5 Å². The number of rotatable bonds is 4. The summed E-state index contributed by atoms with van der Waals surface area (Å²) in [4.78, 5) is 0. The van der Waals surface area contributed by atoms with Crippen molar-refractivity contribution in [1.29, 1.82) is 0 Å². The number of hydrogen-bond donors (Lipinski definition) is 0. The predicted octanol–water partition coefficient (Wildman–Crippen LogP) is 3.66. The third-order valence-electron chi connectivity index (χ3n) is 1.21. The van der Waals surface area contributed by atoms with Crippen molar-refractivity contribution in [3.05, 3.63) is 0 Å². The molecule has 0 aliphatic carbocycles. The van der Waals surface area contributed by atoms with E-state index in [9.17, 15) is 0 Å². The molecule has 0 amide bonds. The summed E-state index contributed by atoms with van der Waals surface area (Å²) >= 11 is 1.78. The van der Waals surface area contributed by atoms with Crippen molar-refractivity contribution >= 4 is 9.85 Å². The Kier molecular flexibility index (Phi) is 22.2.